The van der Waals surface area contributed by atoms with Crippen LogP contribution in [0.2, 0.25) is 0 Å². The summed E-state index contributed by atoms with van der Waals surface area (Å²) in [5, 5.41) is 0. The highest BCUT2D eigenvalue weighted by atomic mass is 16.5. The molecule has 0 saturated carbocycles. The number of nitrogens with zero attached hydrogens (tertiary/aromatic N) is 1. The van der Waals surface area contributed by atoms with Crippen molar-refractivity contribution in [2.45, 2.75) is 32.7 Å². The molecule has 0 N–H and O–H groups in total. The fourth-order valence-corrected chi connectivity index (χ4v) is 2.76. The van der Waals surface area contributed by atoms with Gasteiger partial charge in [0, 0.05) is 18.9 Å². The van der Waals surface area contributed by atoms with E-state index in [1.54, 1.807) is 37.3 Å². The Morgan fingerprint density at radius 2 is 1.83 bits per heavy atom. The minimum Gasteiger partial charge on any atom is -0.466 e. The molecule has 1 saturated heterocycles. The minimum atomic E-state index is -0.836. The molecule has 122 valence electrons. The highest BCUT2D eigenvalue weighted by molar-refractivity contribution is 6.14. The van der Waals surface area contributed by atoms with Gasteiger partial charge in [-0.3, -0.25) is 24.1 Å². The topological polar surface area (TPSA) is 80.8 Å². The van der Waals surface area contributed by atoms with E-state index in [0.717, 1.165) is 4.90 Å². The first kappa shape index (κ1) is 16.9. The molecular formula is C17H19NO5. The molecule has 2 atom stereocenters. The summed E-state index contributed by atoms with van der Waals surface area (Å²) in [4.78, 5) is 48.8. The van der Waals surface area contributed by atoms with Crippen molar-refractivity contribution in [1.29, 1.82) is 0 Å². The lowest BCUT2D eigenvalue weighted by atomic mass is 9.79. The molecule has 1 aromatic rings. The lowest BCUT2D eigenvalue weighted by molar-refractivity contribution is -0.163. The number of ketones is 1. The second kappa shape index (κ2) is 7.17. The van der Waals surface area contributed by atoms with E-state index in [2.05, 4.69) is 0 Å². The summed E-state index contributed by atoms with van der Waals surface area (Å²) in [7, 11) is 0. The molecule has 0 unspecified atom stereocenters. The minimum absolute atomic E-state index is 0.0502. The number of imide groups is 1. The van der Waals surface area contributed by atoms with Crippen LogP contribution in [0.5, 0.6) is 0 Å². The summed E-state index contributed by atoms with van der Waals surface area (Å²) in [5.74, 6) is -2.22. The molecule has 0 spiro atoms. The van der Waals surface area contributed by atoms with Gasteiger partial charge in [-0.1, -0.05) is 30.3 Å². The summed E-state index contributed by atoms with van der Waals surface area (Å²) >= 11 is 0. The molecule has 23 heavy (non-hydrogen) atoms. The van der Waals surface area contributed by atoms with Gasteiger partial charge < -0.3 is 4.74 Å². The number of hydrogen-bond acceptors (Lipinski definition) is 5. The van der Waals surface area contributed by atoms with Gasteiger partial charge in [0.15, 0.2) is 5.78 Å². The van der Waals surface area contributed by atoms with Crippen molar-refractivity contribution in [2.24, 2.45) is 5.92 Å². The lowest BCUT2D eigenvalue weighted by Crippen LogP contribution is -2.65. The molecule has 6 heteroatoms. The number of carbonyl (C=O) groups excluding carboxylic acids is 4. The maximum absolute atomic E-state index is 12.6. The molecule has 1 aliphatic rings. The van der Waals surface area contributed by atoms with Crippen molar-refractivity contribution < 1.29 is 23.9 Å². The molecule has 6 nitrogen and oxygen atoms in total. The smallest absolute Gasteiger partial charge is 0.305 e. The first-order valence-electron chi connectivity index (χ1n) is 7.55. The zero-order valence-corrected chi connectivity index (χ0v) is 13.2. The maximum Gasteiger partial charge on any atom is 0.305 e. The number of likely N-dealkylation sites (tertiary alicyclic amines) is 1. The highest BCUT2D eigenvalue weighted by Gasteiger charge is 2.52. The lowest BCUT2D eigenvalue weighted by Gasteiger charge is -2.44. The molecule has 0 radical (unpaired) electrons. The van der Waals surface area contributed by atoms with E-state index >= 15 is 0 Å². The van der Waals surface area contributed by atoms with E-state index in [1.165, 1.54) is 6.92 Å². The summed E-state index contributed by atoms with van der Waals surface area (Å²) in [6.07, 6.45) is 0.249. The third kappa shape index (κ3) is 3.47. The number of carbonyl (C=O) groups is 4. The Balaban J connectivity index is 2.14. The van der Waals surface area contributed by atoms with Crippen LogP contribution in [0, 0.1) is 5.92 Å². The van der Waals surface area contributed by atoms with E-state index in [-0.39, 0.29) is 25.2 Å². The summed E-state index contributed by atoms with van der Waals surface area (Å²) in [6.45, 7) is 3.22. The third-order valence-corrected chi connectivity index (χ3v) is 3.84. The third-order valence-electron chi connectivity index (χ3n) is 3.84. The quantitative estimate of drug-likeness (QED) is 0.452. The monoisotopic (exact) mass is 317 g/mol. The molecule has 0 bridgehead atoms. The number of ether oxygens (including phenoxy) is 1. The summed E-state index contributed by atoms with van der Waals surface area (Å²) in [6, 6.07) is 7.68. The fourth-order valence-electron chi connectivity index (χ4n) is 2.76. The SMILES string of the molecule is CCOC(=O)CC[C@H]1C(=O)N(C(C)=O)[C@@H]1C(=O)c1ccccc1. The summed E-state index contributed by atoms with van der Waals surface area (Å²) < 4.78 is 4.84. The van der Waals surface area contributed by atoms with Crippen molar-refractivity contribution in [3.05, 3.63) is 35.9 Å². The Labute approximate surface area is 134 Å². The average molecular weight is 317 g/mol. The zero-order chi connectivity index (χ0) is 17.0. The van der Waals surface area contributed by atoms with Crippen molar-refractivity contribution in [2.75, 3.05) is 6.61 Å². The van der Waals surface area contributed by atoms with Crippen LogP contribution in [0.25, 0.3) is 0 Å². The Morgan fingerprint density at radius 1 is 1.17 bits per heavy atom. The second-order valence-corrected chi connectivity index (χ2v) is 5.35. The Kier molecular flexibility index (Phi) is 5.26. The second-order valence-electron chi connectivity index (χ2n) is 5.35. The number of hydrogen-bond donors (Lipinski definition) is 0. The highest BCUT2D eigenvalue weighted by Crippen LogP contribution is 2.33. The van der Waals surface area contributed by atoms with E-state index < -0.39 is 29.7 Å². The molecule has 1 fully saturated rings. The molecule has 2 rings (SSSR count). The van der Waals surface area contributed by atoms with Gasteiger partial charge in [-0.05, 0) is 13.3 Å². The first-order chi connectivity index (χ1) is 11.0. The average Bonchev–Trinajstić information content (AvgIpc) is 2.52. The number of amides is 2. The largest absolute Gasteiger partial charge is 0.466 e. The van der Waals surface area contributed by atoms with E-state index in [0.29, 0.717) is 5.56 Å². The number of esters is 1. The fraction of sp³-hybridized carbons (Fsp3) is 0.412. The zero-order valence-electron chi connectivity index (χ0n) is 13.2. The van der Waals surface area contributed by atoms with Crippen LogP contribution >= 0.6 is 0 Å². The van der Waals surface area contributed by atoms with Gasteiger partial charge in [0.05, 0.1) is 12.5 Å². The maximum atomic E-state index is 12.6. The Hall–Kier alpha value is -2.50. The number of Topliss-reactive ketones (excluding diaryl/α,β-unsaturated/α-hetero) is 1. The van der Waals surface area contributed by atoms with Gasteiger partial charge in [0.2, 0.25) is 11.8 Å². The van der Waals surface area contributed by atoms with Gasteiger partial charge >= 0.3 is 5.97 Å². The van der Waals surface area contributed by atoms with Crippen molar-refractivity contribution in [3.8, 4) is 0 Å². The van der Waals surface area contributed by atoms with Crippen LogP contribution in [0.15, 0.2) is 30.3 Å². The number of rotatable bonds is 6. The van der Waals surface area contributed by atoms with Crippen LogP contribution in [0.3, 0.4) is 0 Å². The van der Waals surface area contributed by atoms with Crippen LogP contribution in [0.1, 0.15) is 37.0 Å². The van der Waals surface area contributed by atoms with Crippen LogP contribution in [0.4, 0.5) is 0 Å². The summed E-state index contributed by atoms with van der Waals surface area (Å²) in [5.41, 5.74) is 0.442. The normalized spacial score (nSPS) is 19.9. The van der Waals surface area contributed by atoms with E-state index in [1.807, 2.05) is 0 Å². The standard InChI is InChI=1S/C17H19NO5/c1-3-23-14(20)10-9-13-15(18(11(2)19)17(13)22)16(21)12-7-5-4-6-8-12/h4-8,13,15H,3,9-10H2,1-2H3/t13-,15+/m1/s1. The van der Waals surface area contributed by atoms with Crippen molar-refractivity contribution >= 4 is 23.6 Å². The van der Waals surface area contributed by atoms with Crippen molar-refractivity contribution in [3.63, 3.8) is 0 Å². The van der Waals surface area contributed by atoms with Gasteiger partial charge in [0.1, 0.15) is 6.04 Å². The molecule has 1 aliphatic heterocycles. The van der Waals surface area contributed by atoms with E-state index in [4.69, 9.17) is 4.74 Å². The number of benzene rings is 1. The van der Waals surface area contributed by atoms with Gasteiger partial charge in [0.25, 0.3) is 0 Å². The molecule has 2 amide bonds. The predicted octanol–water partition coefficient (Wildman–Crippen LogP) is 1.59. The molecular weight excluding hydrogens is 298 g/mol. The first-order valence-corrected chi connectivity index (χ1v) is 7.55. The predicted molar refractivity (Wildman–Crippen MR) is 81.4 cm³/mol. The molecule has 1 aromatic carbocycles. The van der Waals surface area contributed by atoms with Crippen LogP contribution < -0.4 is 0 Å². The Bertz CT molecular complexity index is 625. The molecule has 0 aromatic heterocycles. The van der Waals surface area contributed by atoms with Gasteiger partial charge in [-0.2, -0.15) is 0 Å². The van der Waals surface area contributed by atoms with E-state index in [9.17, 15) is 19.2 Å². The van der Waals surface area contributed by atoms with Gasteiger partial charge in [-0.25, -0.2) is 0 Å². The van der Waals surface area contributed by atoms with Crippen LogP contribution in [-0.2, 0) is 19.1 Å². The van der Waals surface area contributed by atoms with Crippen molar-refractivity contribution in [1.82, 2.24) is 4.90 Å². The molecule has 1 heterocycles. The van der Waals surface area contributed by atoms with Crippen LogP contribution in [-0.4, -0.2) is 41.1 Å². The molecule has 0 aliphatic carbocycles. The Morgan fingerprint density at radius 3 is 2.39 bits per heavy atom. The number of β-lactam (4-membered cyclic amide) rings is 1. The van der Waals surface area contributed by atoms with Gasteiger partial charge in [-0.15, -0.1) is 0 Å².